The van der Waals surface area contributed by atoms with E-state index in [1.807, 2.05) is 0 Å². The molecule has 0 saturated heterocycles. The standard InChI is InChI=1S/C7H15I3Si2/c1-7(2)6-11-4-3-5-12(8,9)10/h6H,3-5,11H2,1-2H3. The Bertz CT molecular complexity index is 147. The Morgan fingerprint density at radius 2 is 1.92 bits per heavy atom. The van der Waals surface area contributed by atoms with Crippen LogP contribution in [0.25, 0.3) is 0 Å². The molecule has 0 aliphatic rings. The SMILES string of the molecule is CC(C)=C[SiH2]CCC[Si](I)(I)I. The predicted molar refractivity (Wildman–Crippen MR) is 90.0 cm³/mol. The van der Waals surface area contributed by atoms with Gasteiger partial charge in [0.25, 0.3) is 0.564 Å². The van der Waals surface area contributed by atoms with Crippen molar-refractivity contribution >= 4 is 75.5 Å². The van der Waals surface area contributed by atoms with E-state index < -0.39 is 0.564 Å². The molecule has 0 aliphatic heterocycles. The third-order valence-electron chi connectivity index (χ3n) is 1.47. The van der Waals surface area contributed by atoms with Crippen LogP contribution in [0.2, 0.25) is 12.1 Å². The average Bonchev–Trinajstić information content (AvgIpc) is 1.83. The van der Waals surface area contributed by atoms with E-state index in [1.165, 1.54) is 24.1 Å². The zero-order valence-corrected chi connectivity index (χ0v) is 16.4. The zero-order valence-electron chi connectivity index (χ0n) is 7.54. The maximum absolute atomic E-state index is 2.65. The molecule has 72 valence electrons. The number of hydrogen-bond acceptors (Lipinski definition) is 0. The molecule has 0 atom stereocenters. The molecule has 0 aliphatic carbocycles. The van der Waals surface area contributed by atoms with E-state index in [9.17, 15) is 0 Å². The minimum atomic E-state index is -0.823. The van der Waals surface area contributed by atoms with E-state index in [0.717, 1.165) is 0 Å². The lowest BCUT2D eigenvalue weighted by Crippen LogP contribution is -2.04. The van der Waals surface area contributed by atoms with Crippen LogP contribution in [-0.4, -0.2) is 10.1 Å². The van der Waals surface area contributed by atoms with E-state index in [1.54, 1.807) is 0 Å². The van der Waals surface area contributed by atoms with E-state index in [-0.39, 0.29) is 9.52 Å². The Morgan fingerprint density at radius 1 is 1.33 bits per heavy atom. The van der Waals surface area contributed by atoms with Gasteiger partial charge in [0, 0.05) is 9.52 Å². The van der Waals surface area contributed by atoms with Gasteiger partial charge in [-0.3, -0.25) is 0 Å². The molecule has 0 bridgehead atoms. The summed E-state index contributed by atoms with van der Waals surface area (Å²) in [5.74, 6) is 0. The second-order valence-corrected chi connectivity index (χ2v) is 41.7. The first-order chi connectivity index (χ1) is 5.42. The quantitative estimate of drug-likeness (QED) is 0.215. The Labute approximate surface area is 117 Å². The smallest absolute Gasteiger partial charge is 0.103 e. The highest BCUT2D eigenvalue weighted by atomic mass is 127. The van der Waals surface area contributed by atoms with Gasteiger partial charge in [-0.1, -0.05) is 83.4 Å². The third-order valence-corrected chi connectivity index (χ3v) is 9.26. The van der Waals surface area contributed by atoms with Gasteiger partial charge in [0.1, 0.15) is 0 Å². The first-order valence-corrected chi connectivity index (χ1v) is 17.5. The molecular formula is C7H15I3Si2. The van der Waals surface area contributed by atoms with Gasteiger partial charge < -0.3 is 0 Å². The fourth-order valence-electron chi connectivity index (χ4n) is 0.861. The lowest BCUT2D eigenvalue weighted by atomic mass is 10.4. The van der Waals surface area contributed by atoms with E-state index in [0.29, 0.717) is 0 Å². The first kappa shape index (κ1) is 14.4. The summed E-state index contributed by atoms with van der Waals surface area (Å²) < 4.78 is -0.823. The number of allylic oxidation sites excluding steroid dienone is 1. The summed E-state index contributed by atoms with van der Waals surface area (Å²) in [7, 11) is 0.145. The largest absolute Gasteiger partial charge is 0.253 e. The second-order valence-electron chi connectivity index (χ2n) is 3.14. The van der Waals surface area contributed by atoms with E-state index in [4.69, 9.17) is 0 Å². The summed E-state index contributed by atoms with van der Waals surface area (Å²) >= 11 is 7.96. The third kappa shape index (κ3) is 12.4. The molecule has 0 N–H and O–H groups in total. The molecule has 0 saturated carbocycles. The molecule has 0 amide bonds. The van der Waals surface area contributed by atoms with E-state index >= 15 is 0 Å². The molecule has 0 fully saturated rings. The number of hydrogen-bond donors (Lipinski definition) is 0. The highest BCUT2D eigenvalue weighted by Crippen LogP contribution is 2.35. The molecule has 0 rings (SSSR count). The molecule has 12 heavy (non-hydrogen) atoms. The van der Waals surface area contributed by atoms with Crippen LogP contribution in [0, 0.1) is 0 Å². The van der Waals surface area contributed by atoms with Crippen LogP contribution in [0.5, 0.6) is 0 Å². The maximum atomic E-state index is 2.65. The summed E-state index contributed by atoms with van der Waals surface area (Å²) in [5, 5.41) is 0. The van der Waals surface area contributed by atoms with Crippen LogP contribution in [0.15, 0.2) is 11.3 Å². The van der Waals surface area contributed by atoms with Crippen LogP contribution < -0.4 is 0 Å². The second kappa shape index (κ2) is 7.63. The van der Waals surface area contributed by atoms with Crippen molar-refractivity contribution in [2.45, 2.75) is 32.4 Å². The van der Waals surface area contributed by atoms with Crippen molar-refractivity contribution in [2.24, 2.45) is 0 Å². The maximum Gasteiger partial charge on any atom is 0.253 e. The van der Waals surface area contributed by atoms with Gasteiger partial charge in [-0.2, -0.15) is 0 Å². The molecule has 0 aromatic rings. The first-order valence-electron chi connectivity index (χ1n) is 4.12. The van der Waals surface area contributed by atoms with Gasteiger partial charge in [-0.25, -0.2) is 0 Å². The van der Waals surface area contributed by atoms with Gasteiger partial charge in [-0.05, 0) is 19.9 Å². The Hall–Kier alpha value is 2.36. The van der Waals surface area contributed by atoms with Crippen molar-refractivity contribution < 1.29 is 0 Å². The van der Waals surface area contributed by atoms with Gasteiger partial charge in [0.15, 0.2) is 0 Å². The summed E-state index contributed by atoms with van der Waals surface area (Å²) in [6.07, 6.45) is 1.47. The predicted octanol–water partition coefficient (Wildman–Crippen LogP) is 4.13. The molecule has 0 heterocycles. The molecule has 0 aromatic heterocycles. The molecule has 0 radical (unpaired) electrons. The number of rotatable bonds is 5. The van der Waals surface area contributed by atoms with Crippen LogP contribution in [0.4, 0.5) is 0 Å². The summed E-state index contributed by atoms with van der Waals surface area (Å²) in [5.41, 5.74) is 4.00. The Balaban J connectivity index is 3.29. The lowest BCUT2D eigenvalue weighted by molar-refractivity contribution is 1.07. The van der Waals surface area contributed by atoms with Crippen molar-refractivity contribution in [3.05, 3.63) is 11.3 Å². The van der Waals surface area contributed by atoms with Gasteiger partial charge in [0.2, 0.25) is 0 Å². The normalized spacial score (nSPS) is 12.4. The van der Waals surface area contributed by atoms with Gasteiger partial charge in [-0.15, -0.1) is 5.70 Å². The fourth-order valence-corrected chi connectivity index (χ4v) is 6.76. The fraction of sp³-hybridized carbons (Fsp3) is 0.714. The van der Waals surface area contributed by atoms with Crippen molar-refractivity contribution in [2.75, 3.05) is 0 Å². The Kier molecular flexibility index (Phi) is 9.13. The van der Waals surface area contributed by atoms with Crippen molar-refractivity contribution in [3.8, 4) is 0 Å². The highest BCUT2D eigenvalue weighted by molar-refractivity contribution is 14.4. The van der Waals surface area contributed by atoms with Gasteiger partial charge in [0.05, 0.1) is 0 Å². The summed E-state index contributed by atoms with van der Waals surface area (Å²) in [6, 6.07) is 2.99. The van der Waals surface area contributed by atoms with Crippen molar-refractivity contribution in [3.63, 3.8) is 0 Å². The topological polar surface area (TPSA) is 0 Å². The summed E-state index contributed by atoms with van der Waals surface area (Å²) in [4.78, 5) is 0. The number of halogens is 3. The van der Waals surface area contributed by atoms with Crippen LogP contribution >= 0.6 is 65.4 Å². The van der Waals surface area contributed by atoms with Crippen LogP contribution in [0.3, 0.4) is 0 Å². The molecule has 0 unspecified atom stereocenters. The average molecular weight is 536 g/mol. The van der Waals surface area contributed by atoms with E-state index in [2.05, 4.69) is 84.9 Å². The van der Waals surface area contributed by atoms with Crippen molar-refractivity contribution in [1.82, 2.24) is 0 Å². The monoisotopic (exact) mass is 536 g/mol. The highest BCUT2D eigenvalue weighted by Gasteiger charge is 2.19. The molecule has 5 heteroatoms. The minimum Gasteiger partial charge on any atom is -0.103 e. The summed E-state index contributed by atoms with van der Waals surface area (Å²) in [6.45, 7) is 4.42. The van der Waals surface area contributed by atoms with Gasteiger partial charge >= 0.3 is 0 Å². The molecule has 0 aromatic carbocycles. The minimum absolute atomic E-state index is 0.145. The Morgan fingerprint density at radius 3 is 2.33 bits per heavy atom. The molecular weight excluding hydrogens is 521 g/mol. The molecule has 0 spiro atoms. The molecule has 0 nitrogen and oxygen atoms in total. The van der Waals surface area contributed by atoms with Crippen LogP contribution in [-0.2, 0) is 0 Å². The van der Waals surface area contributed by atoms with Crippen molar-refractivity contribution in [1.29, 1.82) is 0 Å². The zero-order chi connectivity index (χ0) is 9.61. The lowest BCUT2D eigenvalue weighted by Gasteiger charge is -2.07. The van der Waals surface area contributed by atoms with Crippen LogP contribution in [0.1, 0.15) is 20.3 Å².